The van der Waals surface area contributed by atoms with Gasteiger partial charge in [0, 0.05) is 11.8 Å². The molecular weight excluding hydrogens is 410 g/mol. The highest BCUT2D eigenvalue weighted by Crippen LogP contribution is 2.31. The molecule has 29 heavy (non-hydrogen) atoms. The number of anilines is 1. The molecule has 1 heterocycles. The lowest BCUT2D eigenvalue weighted by Crippen LogP contribution is -2.14. The number of carbonyl (C=O) groups is 1. The Kier molecular flexibility index (Phi) is 7.31. The molecule has 0 fully saturated rings. The van der Waals surface area contributed by atoms with Gasteiger partial charge in [0.25, 0.3) is 0 Å². The van der Waals surface area contributed by atoms with E-state index in [2.05, 4.69) is 15.5 Å². The van der Waals surface area contributed by atoms with Gasteiger partial charge in [-0.1, -0.05) is 35.2 Å². The van der Waals surface area contributed by atoms with E-state index in [-0.39, 0.29) is 12.3 Å². The SMILES string of the molecule is COc1ccc(CC(=O)Nc2nnc(SCc3cc(OC)cc(OC)c3)s2)cc1. The van der Waals surface area contributed by atoms with Gasteiger partial charge < -0.3 is 19.5 Å². The maximum atomic E-state index is 12.2. The van der Waals surface area contributed by atoms with Crippen LogP contribution in [0.2, 0.25) is 0 Å². The summed E-state index contributed by atoms with van der Waals surface area (Å²) < 4.78 is 16.5. The fourth-order valence-corrected chi connectivity index (χ4v) is 4.20. The minimum Gasteiger partial charge on any atom is -0.497 e. The molecule has 152 valence electrons. The van der Waals surface area contributed by atoms with E-state index in [0.717, 1.165) is 32.7 Å². The second-order valence-corrected chi connectivity index (χ2v) is 8.16. The van der Waals surface area contributed by atoms with Crippen molar-refractivity contribution in [3.05, 3.63) is 53.6 Å². The number of methoxy groups -OCH3 is 3. The van der Waals surface area contributed by atoms with Crippen LogP contribution >= 0.6 is 23.1 Å². The Bertz CT molecular complexity index is 938. The standard InChI is InChI=1S/C20H21N3O4S2/c1-25-15-6-4-13(5-7-15)10-18(24)21-19-22-23-20(29-19)28-12-14-8-16(26-2)11-17(9-14)27-3/h4-9,11H,10,12H2,1-3H3,(H,21,22,24). The van der Waals surface area contributed by atoms with Crippen molar-refractivity contribution in [2.45, 2.75) is 16.5 Å². The van der Waals surface area contributed by atoms with Crippen LogP contribution in [0.15, 0.2) is 46.8 Å². The topological polar surface area (TPSA) is 82.6 Å². The molecule has 9 heteroatoms. The highest BCUT2D eigenvalue weighted by Gasteiger charge is 2.11. The number of thioether (sulfide) groups is 1. The van der Waals surface area contributed by atoms with Gasteiger partial charge in [0.05, 0.1) is 27.8 Å². The van der Waals surface area contributed by atoms with Gasteiger partial charge in [-0.15, -0.1) is 10.2 Å². The second-order valence-electron chi connectivity index (χ2n) is 5.96. The third-order valence-electron chi connectivity index (χ3n) is 3.95. The number of hydrogen-bond acceptors (Lipinski definition) is 8. The Morgan fingerprint density at radius 1 is 0.931 bits per heavy atom. The lowest BCUT2D eigenvalue weighted by Gasteiger charge is -2.07. The molecule has 0 atom stereocenters. The van der Waals surface area contributed by atoms with E-state index in [1.54, 1.807) is 21.3 Å². The van der Waals surface area contributed by atoms with Crippen LogP contribution in [0.5, 0.6) is 17.2 Å². The first-order valence-electron chi connectivity index (χ1n) is 8.70. The van der Waals surface area contributed by atoms with Crippen LogP contribution < -0.4 is 19.5 Å². The van der Waals surface area contributed by atoms with Crippen molar-refractivity contribution in [3.8, 4) is 17.2 Å². The predicted molar refractivity (Wildman–Crippen MR) is 114 cm³/mol. The molecule has 1 N–H and O–H groups in total. The number of amides is 1. The molecule has 0 saturated carbocycles. The molecule has 0 unspecified atom stereocenters. The minimum absolute atomic E-state index is 0.139. The van der Waals surface area contributed by atoms with Crippen LogP contribution in [0.25, 0.3) is 0 Å². The van der Waals surface area contributed by atoms with Crippen molar-refractivity contribution < 1.29 is 19.0 Å². The van der Waals surface area contributed by atoms with Crippen molar-refractivity contribution in [2.75, 3.05) is 26.6 Å². The maximum Gasteiger partial charge on any atom is 0.230 e. The van der Waals surface area contributed by atoms with Crippen molar-refractivity contribution in [1.82, 2.24) is 10.2 Å². The Labute approximate surface area is 177 Å². The van der Waals surface area contributed by atoms with E-state index in [0.29, 0.717) is 10.9 Å². The summed E-state index contributed by atoms with van der Waals surface area (Å²) in [6, 6.07) is 13.1. The maximum absolute atomic E-state index is 12.2. The predicted octanol–water partition coefficient (Wildman–Crippen LogP) is 4.04. The third kappa shape index (κ3) is 6.10. The summed E-state index contributed by atoms with van der Waals surface area (Å²) in [6.07, 6.45) is 0.260. The third-order valence-corrected chi connectivity index (χ3v) is 5.99. The summed E-state index contributed by atoms with van der Waals surface area (Å²) >= 11 is 2.88. The molecule has 0 spiro atoms. The van der Waals surface area contributed by atoms with Gasteiger partial charge in [0.15, 0.2) is 4.34 Å². The Balaban J connectivity index is 1.54. The smallest absolute Gasteiger partial charge is 0.230 e. The number of hydrogen-bond donors (Lipinski definition) is 1. The zero-order valence-corrected chi connectivity index (χ0v) is 17.9. The van der Waals surface area contributed by atoms with E-state index < -0.39 is 0 Å². The average Bonchev–Trinajstić information content (AvgIpc) is 3.19. The van der Waals surface area contributed by atoms with Crippen molar-refractivity contribution in [1.29, 1.82) is 0 Å². The lowest BCUT2D eigenvalue weighted by molar-refractivity contribution is -0.115. The molecule has 0 aliphatic heterocycles. The molecule has 0 aliphatic rings. The summed E-state index contributed by atoms with van der Waals surface area (Å²) in [5.41, 5.74) is 1.95. The number of nitrogens with zero attached hydrogens (tertiary/aromatic N) is 2. The normalized spacial score (nSPS) is 10.4. The molecule has 0 saturated heterocycles. The van der Waals surface area contributed by atoms with E-state index in [1.165, 1.54) is 23.1 Å². The Hall–Kier alpha value is -2.78. The van der Waals surface area contributed by atoms with Gasteiger partial charge in [-0.2, -0.15) is 0 Å². The summed E-state index contributed by atoms with van der Waals surface area (Å²) in [6.45, 7) is 0. The fourth-order valence-electron chi connectivity index (χ4n) is 2.51. The van der Waals surface area contributed by atoms with Crippen LogP contribution in [0.3, 0.4) is 0 Å². The first-order valence-corrected chi connectivity index (χ1v) is 10.5. The second kappa shape index (κ2) is 10.1. The number of nitrogens with one attached hydrogen (secondary N) is 1. The van der Waals surface area contributed by atoms with E-state index in [1.807, 2.05) is 42.5 Å². The van der Waals surface area contributed by atoms with Gasteiger partial charge in [-0.05, 0) is 35.4 Å². The summed E-state index contributed by atoms with van der Waals surface area (Å²) in [4.78, 5) is 12.2. The molecule has 0 aliphatic carbocycles. The molecule has 0 bridgehead atoms. The Morgan fingerprint density at radius 3 is 2.21 bits per heavy atom. The van der Waals surface area contributed by atoms with Gasteiger partial charge >= 0.3 is 0 Å². The molecule has 1 amide bonds. The van der Waals surface area contributed by atoms with Gasteiger partial charge in [-0.25, -0.2) is 0 Å². The zero-order chi connectivity index (χ0) is 20.6. The summed E-state index contributed by atoms with van der Waals surface area (Å²) in [5.74, 6) is 2.78. The molecular formula is C20H21N3O4S2. The van der Waals surface area contributed by atoms with Crippen LogP contribution in [-0.4, -0.2) is 37.4 Å². The summed E-state index contributed by atoms with van der Waals surface area (Å²) in [7, 11) is 4.85. The van der Waals surface area contributed by atoms with Gasteiger partial charge in [0.2, 0.25) is 11.0 Å². The Morgan fingerprint density at radius 2 is 1.59 bits per heavy atom. The molecule has 0 radical (unpaired) electrons. The average molecular weight is 432 g/mol. The number of aromatic nitrogens is 2. The number of carbonyl (C=O) groups excluding carboxylic acids is 1. The monoisotopic (exact) mass is 431 g/mol. The van der Waals surface area contributed by atoms with E-state index in [4.69, 9.17) is 14.2 Å². The highest BCUT2D eigenvalue weighted by atomic mass is 32.2. The fraction of sp³-hybridized carbons (Fsp3) is 0.250. The lowest BCUT2D eigenvalue weighted by atomic mass is 10.1. The molecule has 2 aromatic carbocycles. The quantitative estimate of drug-likeness (QED) is 0.404. The first kappa shape index (κ1) is 20.9. The summed E-state index contributed by atoms with van der Waals surface area (Å²) in [5, 5.41) is 11.5. The van der Waals surface area contributed by atoms with Crippen molar-refractivity contribution in [3.63, 3.8) is 0 Å². The molecule has 3 rings (SSSR count). The zero-order valence-electron chi connectivity index (χ0n) is 16.3. The molecule has 7 nitrogen and oxygen atoms in total. The van der Waals surface area contributed by atoms with Crippen LogP contribution in [0.1, 0.15) is 11.1 Å². The van der Waals surface area contributed by atoms with Crippen molar-refractivity contribution >= 4 is 34.1 Å². The molecule has 3 aromatic rings. The van der Waals surface area contributed by atoms with E-state index in [9.17, 15) is 4.79 Å². The number of rotatable bonds is 9. The van der Waals surface area contributed by atoms with Crippen LogP contribution in [-0.2, 0) is 17.0 Å². The largest absolute Gasteiger partial charge is 0.497 e. The minimum atomic E-state index is -0.139. The van der Waals surface area contributed by atoms with Gasteiger partial charge in [-0.3, -0.25) is 4.79 Å². The van der Waals surface area contributed by atoms with Crippen LogP contribution in [0.4, 0.5) is 5.13 Å². The van der Waals surface area contributed by atoms with E-state index >= 15 is 0 Å². The van der Waals surface area contributed by atoms with Gasteiger partial charge in [0.1, 0.15) is 17.2 Å². The first-order chi connectivity index (χ1) is 14.1. The van der Waals surface area contributed by atoms with Crippen molar-refractivity contribution in [2.24, 2.45) is 0 Å². The number of ether oxygens (including phenoxy) is 3. The molecule has 1 aromatic heterocycles. The number of benzene rings is 2. The highest BCUT2D eigenvalue weighted by molar-refractivity contribution is 8.00. The van der Waals surface area contributed by atoms with Crippen LogP contribution in [0, 0.1) is 0 Å².